The molecule has 0 aromatic heterocycles. The van der Waals surface area contributed by atoms with Gasteiger partial charge in [0.25, 0.3) is 0 Å². The lowest BCUT2D eigenvalue weighted by Gasteiger charge is -2.41. The number of hydrogen-bond donors (Lipinski definition) is 3. The van der Waals surface area contributed by atoms with E-state index in [1.165, 1.54) is 11.0 Å². The SMILES string of the molecule is O=C1NC[C@@H](C(=O)N[C@H](c2ccc(F)c(Cl)c2F)C2CCN(C3(C(F)(F)F)CC3)CC2)N1. The van der Waals surface area contributed by atoms with Gasteiger partial charge in [0.2, 0.25) is 5.91 Å². The van der Waals surface area contributed by atoms with Crippen LogP contribution >= 0.6 is 11.6 Å². The summed E-state index contributed by atoms with van der Waals surface area (Å²) in [5.41, 5.74) is -1.83. The molecule has 2 aliphatic heterocycles. The molecule has 3 aliphatic rings. The van der Waals surface area contributed by atoms with Crippen molar-refractivity contribution in [3.8, 4) is 0 Å². The Kier molecular flexibility index (Phi) is 6.00. The highest BCUT2D eigenvalue weighted by Crippen LogP contribution is 2.54. The number of carbonyl (C=O) groups excluding carboxylic acids is 2. The molecule has 6 nitrogen and oxygen atoms in total. The van der Waals surface area contributed by atoms with E-state index in [1.807, 2.05) is 0 Å². The fourth-order valence-corrected chi connectivity index (χ4v) is 4.83. The van der Waals surface area contributed by atoms with E-state index in [0.29, 0.717) is 0 Å². The molecule has 12 heteroatoms. The summed E-state index contributed by atoms with van der Waals surface area (Å²) in [4.78, 5) is 25.5. The Bertz CT molecular complexity index is 916. The lowest BCUT2D eigenvalue weighted by atomic mass is 9.84. The molecule has 2 heterocycles. The molecule has 0 unspecified atom stereocenters. The predicted molar refractivity (Wildman–Crippen MR) is 105 cm³/mol. The van der Waals surface area contributed by atoms with Crippen LogP contribution in [-0.4, -0.2) is 54.2 Å². The summed E-state index contributed by atoms with van der Waals surface area (Å²) in [7, 11) is 0. The second kappa shape index (κ2) is 8.33. The van der Waals surface area contributed by atoms with Crippen molar-refractivity contribution in [2.75, 3.05) is 19.6 Å². The number of carbonyl (C=O) groups is 2. The van der Waals surface area contributed by atoms with Crippen molar-refractivity contribution in [3.05, 3.63) is 34.4 Å². The number of halogens is 6. The van der Waals surface area contributed by atoms with Crippen LogP contribution in [0, 0.1) is 17.6 Å². The van der Waals surface area contributed by atoms with Gasteiger partial charge in [0, 0.05) is 12.1 Å². The Morgan fingerprint density at radius 3 is 2.41 bits per heavy atom. The lowest BCUT2D eigenvalue weighted by Crippen LogP contribution is -2.53. The summed E-state index contributed by atoms with van der Waals surface area (Å²) in [5.74, 6) is -2.97. The van der Waals surface area contributed by atoms with Crippen molar-refractivity contribution < 1.29 is 31.5 Å². The number of alkyl halides is 3. The van der Waals surface area contributed by atoms with E-state index in [-0.39, 0.29) is 50.9 Å². The third kappa shape index (κ3) is 4.12. The fourth-order valence-electron chi connectivity index (χ4n) is 4.66. The first-order valence-corrected chi connectivity index (χ1v) is 10.7. The molecule has 0 radical (unpaired) electrons. The molecule has 3 fully saturated rings. The van der Waals surface area contributed by atoms with Gasteiger partial charge in [0.1, 0.15) is 28.2 Å². The molecule has 176 valence electrons. The number of benzene rings is 1. The number of urea groups is 1. The minimum atomic E-state index is -4.32. The highest BCUT2D eigenvalue weighted by atomic mass is 35.5. The summed E-state index contributed by atoms with van der Waals surface area (Å²) in [6.07, 6.45) is -3.67. The Morgan fingerprint density at radius 2 is 1.88 bits per heavy atom. The summed E-state index contributed by atoms with van der Waals surface area (Å²) >= 11 is 5.73. The smallest absolute Gasteiger partial charge is 0.347 e. The first kappa shape index (κ1) is 23.0. The molecule has 4 rings (SSSR count). The zero-order valence-electron chi connectivity index (χ0n) is 16.9. The van der Waals surface area contributed by atoms with E-state index in [1.54, 1.807) is 0 Å². The van der Waals surface area contributed by atoms with Gasteiger partial charge in [0.05, 0.1) is 6.04 Å². The Labute approximate surface area is 185 Å². The molecular weight excluding hydrogens is 459 g/mol. The van der Waals surface area contributed by atoms with Crippen LogP contribution in [0.3, 0.4) is 0 Å². The maximum absolute atomic E-state index is 14.8. The monoisotopic (exact) mass is 480 g/mol. The number of likely N-dealkylation sites (tertiary alicyclic amines) is 1. The van der Waals surface area contributed by atoms with Gasteiger partial charge in [-0.15, -0.1) is 0 Å². The van der Waals surface area contributed by atoms with Crippen LogP contribution in [0.2, 0.25) is 5.02 Å². The van der Waals surface area contributed by atoms with Gasteiger partial charge in [-0.3, -0.25) is 9.69 Å². The van der Waals surface area contributed by atoms with Gasteiger partial charge in [-0.2, -0.15) is 13.2 Å². The highest BCUT2D eigenvalue weighted by Gasteiger charge is 2.66. The third-order valence-corrected chi connectivity index (χ3v) is 7.00. The van der Waals surface area contributed by atoms with Crippen LogP contribution in [-0.2, 0) is 4.79 Å². The minimum Gasteiger partial charge on any atom is -0.347 e. The van der Waals surface area contributed by atoms with Crippen molar-refractivity contribution in [1.29, 1.82) is 0 Å². The average molecular weight is 481 g/mol. The zero-order chi connectivity index (χ0) is 23.3. The lowest BCUT2D eigenvalue weighted by molar-refractivity contribution is -0.200. The van der Waals surface area contributed by atoms with Crippen molar-refractivity contribution >= 4 is 23.5 Å². The molecule has 1 aromatic rings. The standard InChI is InChI=1S/C20H22ClF5N4O2/c21-14-12(22)2-1-11(15(14)23)16(29-17(31)13-9-27-18(32)28-13)10-3-7-30(8-4-10)19(5-6-19)20(24,25)26/h1-2,10,13,16H,3-9H2,(H,29,31)(H2,27,28,32)/t13-,16-/m0/s1. The maximum atomic E-state index is 14.8. The number of rotatable bonds is 5. The van der Waals surface area contributed by atoms with Crippen LogP contribution in [0.15, 0.2) is 12.1 Å². The second-order valence-electron chi connectivity index (χ2n) is 8.51. The van der Waals surface area contributed by atoms with Crippen LogP contribution in [0.5, 0.6) is 0 Å². The Hall–Kier alpha value is -2.14. The summed E-state index contributed by atoms with van der Waals surface area (Å²) in [5, 5.41) is 6.85. The molecule has 3 N–H and O–H groups in total. The maximum Gasteiger partial charge on any atom is 0.406 e. The van der Waals surface area contributed by atoms with E-state index in [2.05, 4.69) is 16.0 Å². The first-order chi connectivity index (χ1) is 15.0. The van der Waals surface area contributed by atoms with Crippen LogP contribution in [0.25, 0.3) is 0 Å². The molecular formula is C20H22ClF5N4O2. The quantitative estimate of drug-likeness (QED) is 0.447. The van der Waals surface area contributed by atoms with Crippen molar-refractivity contribution in [1.82, 2.24) is 20.9 Å². The van der Waals surface area contributed by atoms with E-state index >= 15 is 0 Å². The van der Waals surface area contributed by atoms with Crippen molar-refractivity contribution in [3.63, 3.8) is 0 Å². The molecule has 2 saturated heterocycles. The van der Waals surface area contributed by atoms with Crippen LogP contribution < -0.4 is 16.0 Å². The van der Waals surface area contributed by atoms with E-state index in [9.17, 15) is 31.5 Å². The van der Waals surface area contributed by atoms with Gasteiger partial charge in [-0.25, -0.2) is 13.6 Å². The van der Waals surface area contributed by atoms with Gasteiger partial charge in [0.15, 0.2) is 0 Å². The Balaban J connectivity index is 1.54. The van der Waals surface area contributed by atoms with Gasteiger partial charge < -0.3 is 16.0 Å². The normalized spacial score (nSPS) is 24.6. The summed E-state index contributed by atoms with van der Waals surface area (Å²) < 4.78 is 68.9. The highest BCUT2D eigenvalue weighted by molar-refractivity contribution is 6.31. The second-order valence-corrected chi connectivity index (χ2v) is 8.89. The zero-order valence-corrected chi connectivity index (χ0v) is 17.6. The van der Waals surface area contributed by atoms with Gasteiger partial charge in [-0.1, -0.05) is 17.7 Å². The predicted octanol–water partition coefficient (Wildman–Crippen LogP) is 3.26. The molecule has 1 aromatic carbocycles. The van der Waals surface area contributed by atoms with Crippen LogP contribution in [0.1, 0.15) is 37.3 Å². The first-order valence-electron chi connectivity index (χ1n) is 10.3. The summed E-state index contributed by atoms with van der Waals surface area (Å²) in [6.45, 7) is 0.306. The topological polar surface area (TPSA) is 73.5 Å². The van der Waals surface area contributed by atoms with E-state index < -0.39 is 58.3 Å². The number of nitrogens with zero attached hydrogens (tertiary/aromatic N) is 1. The van der Waals surface area contributed by atoms with Crippen molar-refractivity contribution in [2.45, 2.75) is 49.5 Å². The molecule has 2 atom stereocenters. The molecule has 1 saturated carbocycles. The van der Waals surface area contributed by atoms with Gasteiger partial charge in [-0.05, 0) is 50.8 Å². The van der Waals surface area contributed by atoms with Gasteiger partial charge >= 0.3 is 12.2 Å². The number of hydrogen-bond acceptors (Lipinski definition) is 3. The third-order valence-electron chi connectivity index (χ3n) is 6.65. The van der Waals surface area contributed by atoms with E-state index in [4.69, 9.17) is 11.6 Å². The molecule has 1 aliphatic carbocycles. The van der Waals surface area contributed by atoms with Crippen LogP contribution in [0.4, 0.5) is 26.7 Å². The minimum absolute atomic E-state index is 0.0383. The van der Waals surface area contributed by atoms with Crippen molar-refractivity contribution in [2.24, 2.45) is 5.92 Å². The molecule has 3 amide bonds. The molecule has 0 bridgehead atoms. The largest absolute Gasteiger partial charge is 0.406 e. The molecule has 32 heavy (non-hydrogen) atoms. The van der Waals surface area contributed by atoms with E-state index in [0.717, 1.165) is 6.07 Å². The fraction of sp³-hybridized carbons (Fsp3) is 0.600. The number of amides is 3. The number of piperidine rings is 1. The number of nitrogens with one attached hydrogen (secondary N) is 3. The molecule has 0 spiro atoms. The average Bonchev–Trinajstić information content (AvgIpc) is 3.46. The Morgan fingerprint density at radius 1 is 1.22 bits per heavy atom. The summed E-state index contributed by atoms with van der Waals surface area (Å²) in [6, 6.07) is -0.188.